The van der Waals surface area contributed by atoms with Crippen molar-refractivity contribution < 1.29 is 9.53 Å². The molecule has 1 amide bonds. The highest BCUT2D eigenvalue weighted by Crippen LogP contribution is 2.15. The van der Waals surface area contributed by atoms with Crippen molar-refractivity contribution in [1.82, 2.24) is 15.2 Å². The van der Waals surface area contributed by atoms with Gasteiger partial charge < -0.3 is 10.1 Å². The molecule has 1 aliphatic heterocycles. The van der Waals surface area contributed by atoms with Crippen molar-refractivity contribution in [3.05, 3.63) is 59.3 Å². The number of nitriles is 1. The van der Waals surface area contributed by atoms with Crippen molar-refractivity contribution in [1.29, 1.82) is 5.26 Å². The van der Waals surface area contributed by atoms with Crippen molar-refractivity contribution in [3.63, 3.8) is 0 Å². The van der Waals surface area contributed by atoms with Crippen LogP contribution < -0.4 is 10.1 Å². The Labute approximate surface area is 147 Å². The number of nitrogens with one attached hydrogen (secondary N) is 1. The summed E-state index contributed by atoms with van der Waals surface area (Å²) in [6.07, 6.45) is 2.74. The van der Waals surface area contributed by atoms with Gasteiger partial charge >= 0.3 is 0 Å². The quantitative estimate of drug-likeness (QED) is 0.903. The van der Waals surface area contributed by atoms with Crippen molar-refractivity contribution in [3.8, 4) is 11.9 Å². The Bertz CT molecular complexity index is 766. The fourth-order valence-electron chi connectivity index (χ4n) is 2.94. The number of benzene rings is 1. The number of carbonyl (C=O) groups is 1. The molecule has 3 rings (SSSR count). The Morgan fingerprint density at radius 2 is 2.16 bits per heavy atom. The zero-order valence-electron chi connectivity index (χ0n) is 14.1. The number of nitrogens with zero attached hydrogens (tertiary/aromatic N) is 3. The van der Waals surface area contributed by atoms with E-state index in [1.54, 1.807) is 31.4 Å². The van der Waals surface area contributed by atoms with Gasteiger partial charge in [0.1, 0.15) is 0 Å². The molecule has 0 bridgehead atoms. The van der Waals surface area contributed by atoms with Crippen LogP contribution in [0.15, 0.2) is 42.6 Å². The monoisotopic (exact) mass is 336 g/mol. The van der Waals surface area contributed by atoms with Gasteiger partial charge in [0.2, 0.25) is 5.88 Å². The molecule has 1 aromatic heterocycles. The Morgan fingerprint density at radius 1 is 1.36 bits per heavy atom. The molecule has 1 unspecified atom stereocenters. The number of hydrogen-bond donors (Lipinski definition) is 1. The van der Waals surface area contributed by atoms with Gasteiger partial charge in [-0.15, -0.1) is 0 Å². The van der Waals surface area contributed by atoms with Gasteiger partial charge in [0.25, 0.3) is 5.91 Å². The molecular weight excluding hydrogens is 316 g/mol. The summed E-state index contributed by atoms with van der Waals surface area (Å²) >= 11 is 0. The van der Waals surface area contributed by atoms with E-state index < -0.39 is 0 Å². The topological polar surface area (TPSA) is 78.2 Å². The van der Waals surface area contributed by atoms with Crippen LogP contribution in [-0.2, 0) is 6.54 Å². The predicted molar refractivity (Wildman–Crippen MR) is 93.1 cm³/mol. The highest BCUT2D eigenvalue weighted by atomic mass is 16.5. The first-order valence-electron chi connectivity index (χ1n) is 8.20. The van der Waals surface area contributed by atoms with Crippen molar-refractivity contribution >= 4 is 5.91 Å². The summed E-state index contributed by atoms with van der Waals surface area (Å²) in [7, 11) is 1.60. The third kappa shape index (κ3) is 4.34. The minimum atomic E-state index is -0.0950. The zero-order valence-corrected chi connectivity index (χ0v) is 14.1. The van der Waals surface area contributed by atoms with E-state index in [-0.39, 0.29) is 11.9 Å². The van der Waals surface area contributed by atoms with E-state index in [0.29, 0.717) is 17.0 Å². The van der Waals surface area contributed by atoms with Gasteiger partial charge in [0.15, 0.2) is 0 Å². The number of pyridine rings is 1. The summed E-state index contributed by atoms with van der Waals surface area (Å²) in [5.74, 6) is 0.514. The molecule has 1 aromatic carbocycles. The molecule has 1 atom stereocenters. The van der Waals surface area contributed by atoms with Crippen LogP contribution >= 0.6 is 0 Å². The second kappa shape index (κ2) is 7.77. The maximum atomic E-state index is 12.3. The standard InChI is InChI=1S/C19H20N4O2/c1-25-18-7-4-15(11-21-18)12-23-9-8-17(13-23)22-19(24)16-5-2-14(10-20)3-6-16/h2-7,11,17H,8-9,12-13H2,1H3,(H,22,24). The molecule has 0 spiro atoms. The first-order chi connectivity index (χ1) is 12.2. The lowest BCUT2D eigenvalue weighted by molar-refractivity contribution is 0.0937. The molecule has 25 heavy (non-hydrogen) atoms. The fraction of sp³-hybridized carbons (Fsp3) is 0.316. The van der Waals surface area contributed by atoms with Gasteiger partial charge in [-0.05, 0) is 36.2 Å². The normalized spacial score (nSPS) is 17.0. The largest absolute Gasteiger partial charge is 0.481 e. The second-order valence-corrected chi connectivity index (χ2v) is 6.09. The molecule has 1 N–H and O–H groups in total. The second-order valence-electron chi connectivity index (χ2n) is 6.09. The third-order valence-electron chi connectivity index (χ3n) is 4.30. The molecule has 1 fully saturated rings. The van der Waals surface area contributed by atoms with Crippen LogP contribution in [0.25, 0.3) is 0 Å². The number of aromatic nitrogens is 1. The molecule has 0 radical (unpaired) electrons. The highest BCUT2D eigenvalue weighted by molar-refractivity contribution is 5.94. The Hall–Kier alpha value is -2.91. The predicted octanol–water partition coefficient (Wildman–Crippen LogP) is 1.97. The SMILES string of the molecule is COc1ccc(CN2CCC(NC(=O)c3ccc(C#N)cc3)C2)cn1. The Kier molecular flexibility index (Phi) is 5.26. The summed E-state index contributed by atoms with van der Waals surface area (Å²) < 4.78 is 5.07. The molecule has 0 aliphatic carbocycles. The molecule has 6 heteroatoms. The molecule has 1 aliphatic rings. The number of hydrogen-bond acceptors (Lipinski definition) is 5. The van der Waals surface area contributed by atoms with Gasteiger partial charge in [-0.1, -0.05) is 6.07 Å². The average molecular weight is 336 g/mol. The van der Waals surface area contributed by atoms with E-state index >= 15 is 0 Å². The zero-order chi connectivity index (χ0) is 17.6. The van der Waals surface area contributed by atoms with E-state index in [4.69, 9.17) is 10.00 Å². The molecular formula is C19H20N4O2. The summed E-state index contributed by atoms with van der Waals surface area (Å²) in [6.45, 7) is 2.55. The van der Waals surface area contributed by atoms with Gasteiger partial charge in [0.05, 0.1) is 18.7 Å². The lowest BCUT2D eigenvalue weighted by Crippen LogP contribution is -2.37. The Morgan fingerprint density at radius 3 is 2.80 bits per heavy atom. The van der Waals surface area contributed by atoms with Crippen LogP contribution in [0.3, 0.4) is 0 Å². The van der Waals surface area contributed by atoms with Gasteiger partial charge in [-0.2, -0.15) is 5.26 Å². The smallest absolute Gasteiger partial charge is 0.251 e. The lowest BCUT2D eigenvalue weighted by atomic mass is 10.1. The lowest BCUT2D eigenvalue weighted by Gasteiger charge is -2.17. The number of rotatable bonds is 5. The number of methoxy groups -OCH3 is 1. The first kappa shape index (κ1) is 16.9. The molecule has 128 valence electrons. The van der Waals surface area contributed by atoms with Crippen molar-refractivity contribution in [2.45, 2.75) is 19.0 Å². The molecule has 0 saturated carbocycles. The van der Waals surface area contributed by atoms with Crippen LogP contribution in [-0.4, -0.2) is 42.0 Å². The Balaban J connectivity index is 1.51. The van der Waals surface area contributed by atoms with E-state index in [0.717, 1.165) is 31.6 Å². The highest BCUT2D eigenvalue weighted by Gasteiger charge is 2.24. The summed E-state index contributed by atoms with van der Waals surface area (Å²) in [5.41, 5.74) is 2.26. The van der Waals surface area contributed by atoms with Crippen molar-refractivity contribution in [2.24, 2.45) is 0 Å². The number of carbonyl (C=O) groups excluding carboxylic acids is 1. The molecule has 2 aromatic rings. The van der Waals surface area contributed by atoms with Gasteiger partial charge in [-0.3, -0.25) is 9.69 Å². The van der Waals surface area contributed by atoms with Crippen LogP contribution in [0.5, 0.6) is 5.88 Å². The van der Waals surface area contributed by atoms with Crippen LogP contribution in [0.4, 0.5) is 0 Å². The summed E-state index contributed by atoms with van der Waals surface area (Å²) in [4.78, 5) is 18.8. The average Bonchev–Trinajstić information content (AvgIpc) is 3.09. The molecule has 1 saturated heterocycles. The third-order valence-corrected chi connectivity index (χ3v) is 4.30. The first-order valence-corrected chi connectivity index (χ1v) is 8.20. The van der Waals surface area contributed by atoms with E-state index in [9.17, 15) is 4.79 Å². The van der Waals surface area contributed by atoms with Crippen molar-refractivity contribution in [2.75, 3.05) is 20.2 Å². The maximum Gasteiger partial charge on any atom is 0.251 e. The minimum absolute atomic E-state index is 0.0950. The number of ether oxygens (including phenoxy) is 1. The molecule has 2 heterocycles. The van der Waals surface area contributed by atoms with E-state index in [1.165, 1.54) is 0 Å². The summed E-state index contributed by atoms with van der Waals surface area (Å²) in [5, 5.41) is 11.9. The van der Waals surface area contributed by atoms with Crippen LogP contribution in [0.1, 0.15) is 27.9 Å². The molecule has 6 nitrogen and oxygen atoms in total. The van der Waals surface area contributed by atoms with Gasteiger partial charge in [0, 0.05) is 43.5 Å². The fourth-order valence-corrected chi connectivity index (χ4v) is 2.94. The van der Waals surface area contributed by atoms with Gasteiger partial charge in [-0.25, -0.2) is 4.98 Å². The number of amides is 1. The number of likely N-dealkylation sites (tertiary alicyclic amines) is 1. The van der Waals surface area contributed by atoms with Crippen LogP contribution in [0, 0.1) is 11.3 Å². The maximum absolute atomic E-state index is 12.3. The van der Waals surface area contributed by atoms with E-state index in [2.05, 4.69) is 21.3 Å². The minimum Gasteiger partial charge on any atom is -0.481 e. The van der Waals surface area contributed by atoms with E-state index in [1.807, 2.05) is 18.3 Å². The summed E-state index contributed by atoms with van der Waals surface area (Å²) in [6, 6.07) is 12.7. The van der Waals surface area contributed by atoms with Crippen LogP contribution in [0.2, 0.25) is 0 Å².